The van der Waals surface area contributed by atoms with Crippen LogP contribution < -0.4 is 10.6 Å². The minimum atomic E-state index is -0.381. The van der Waals surface area contributed by atoms with Gasteiger partial charge in [0.05, 0.1) is 0 Å². The number of carbonyl (C=O) groups excluding carboxylic acids is 2. The zero-order valence-electron chi connectivity index (χ0n) is 13.1. The van der Waals surface area contributed by atoms with Crippen LogP contribution in [0.25, 0.3) is 0 Å². The Balaban J connectivity index is 3.65. The Hall–Kier alpha value is -1.66. The number of ether oxygens (including phenoxy) is 2. The Kier molecular flexibility index (Phi) is 11.2. The average molecular weight is 298 g/mol. The van der Waals surface area contributed by atoms with Gasteiger partial charge in [-0.15, -0.1) is 0 Å². The van der Waals surface area contributed by atoms with Crippen LogP contribution in [0.1, 0.15) is 20.3 Å². The van der Waals surface area contributed by atoms with Gasteiger partial charge in [-0.1, -0.05) is 12.7 Å². The highest BCUT2D eigenvalue weighted by Gasteiger charge is 2.03. The molecule has 0 spiro atoms. The summed E-state index contributed by atoms with van der Waals surface area (Å²) in [5, 5.41) is 6.07. The van der Waals surface area contributed by atoms with Crippen molar-refractivity contribution in [1.29, 1.82) is 0 Å². The Morgan fingerprint density at radius 3 is 2.52 bits per heavy atom. The molecular weight excluding hydrogens is 272 g/mol. The van der Waals surface area contributed by atoms with Gasteiger partial charge in [-0.2, -0.15) is 0 Å². The van der Waals surface area contributed by atoms with E-state index in [0.717, 1.165) is 0 Å². The number of carbonyl (C=O) groups is 2. The van der Waals surface area contributed by atoms with Crippen LogP contribution in [-0.4, -0.2) is 51.3 Å². The summed E-state index contributed by atoms with van der Waals surface area (Å²) in [6, 6.07) is 0.176. The first-order valence-electron chi connectivity index (χ1n) is 7.01. The molecule has 0 rings (SSSR count). The van der Waals surface area contributed by atoms with Crippen molar-refractivity contribution in [2.75, 3.05) is 33.4 Å². The lowest BCUT2D eigenvalue weighted by atomic mass is 10.2. The summed E-state index contributed by atoms with van der Waals surface area (Å²) < 4.78 is 9.89. The Morgan fingerprint density at radius 1 is 1.24 bits per heavy atom. The lowest BCUT2D eigenvalue weighted by Crippen LogP contribution is -2.29. The number of rotatable bonds is 11. The maximum absolute atomic E-state index is 11.3. The minimum absolute atomic E-state index is 0.176. The van der Waals surface area contributed by atoms with E-state index in [1.807, 2.05) is 6.92 Å². The maximum Gasteiger partial charge on any atom is 0.333 e. The molecule has 0 bridgehead atoms. The third-order valence-corrected chi connectivity index (χ3v) is 2.52. The molecule has 0 aliphatic heterocycles. The first-order chi connectivity index (χ1) is 9.97. The van der Waals surface area contributed by atoms with Gasteiger partial charge in [-0.3, -0.25) is 0 Å². The molecule has 21 heavy (non-hydrogen) atoms. The summed E-state index contributed by atoms with van der Waals surface area (Å²) in [6.45, 7) is 8.95. The van der Waals surface area contributed by atoms with Gasteiger partial charge in [-0.25, -0.2) is 9.59 Å². The quantitative estimate of drug-likeness (QED) is 0.334. The highest BCUT2D eigenvalue weighted by atomic mass is 16.5. The molecule has 1 unspecified atom stereocenters. The van der Waals surface area contributed by atoms with Crippen LogP contribution in [0.3, 0.4) is 0 Å². The first-order valence-corrected chi connectivity index (χ1v) is 7.01. The van der Waals surface area contributed by atoms with Crippen molar-refractivity contribution in [2.45, 2.75) is 26.3 Å². The van der Waals surface area contributed by atoms with Crippen molar-refractivity contribution in [3.8, 4) is 0 Å². The van der Waals surface area contributed by atoms with E-state index in [1.54, 1.807) is 20.0 Å². The van der Waals surface area contributed by atoms with Crippen LogP contribution in [0.15, 0.2) is 24.3 Å². The molecular formula is C15H26N2O4. The van der Waals surface area contributed by atoms with Gasteiger partial charge in [0.25, 0.3) is 0 Å². The second-order valence-corrected chi connectivity index (χ2v) is 4.68. The third-order valence-electron chi connectivity index (χ3n) is 2.52. The summed E-state index contributed by atoms with van der Waals surface area (Å²) in [4.78, 5) is 22.4. The van der Waals surface area contributed by atoms with Gasteiger partial charge < -0.3 is 20.1 Å². The highest BCUT2D eigenvalue weighted by molar-refractivity contribution is 5.86. The summed E-state index contributed by atoms with van der Waals surface area (Å²) in [6.07, 6.45) is 3.88. The fourth-order valence-electron chi connectivity index (χ4n) is 1.33. The monoisotopic (exact) mass is 298 g/mol. The zero-order chi connectivity index (χ0) is 16.1. The summed E-state index contributed by atoms with van der Waals surface area (Å²) in [5.41, 5.74) is 0.391. The van der Waals surface area contributed by atoms with Crippen molar-refractivity contribution in [1.82, 2.24) is 10.6 Å². The minimum Gasteiger partial charge on any atom is -0.461 e. The van der Waals surface area contributed by atoms with Crippen LogP contribution in [0.4, 0.5) is 0 Å². The Bertz CT molecular complexity index is 367. The standard InChI is InChI=1S/C15H26N2O4/c1-12(2)15(19)21-11-9-17-13(3)6-5-7-14(18)20-10-8-16-4/h5,7,13,16-17H,1,6,8-11H2,2-4H3/b7-5+. The average Bonchev–Trinajstić information content (AvgIpc) is 2.43. The largest absolute Gasteiger partial charge is 0.461 e. The molecule has 0 heterocycles. The van der Waals surface area contributed by atoms with E-state index < -0.39 is 0 Å². The molecule has 0 saturated carbocycles. The molecule has 0 aromatic heterocycles. The molecule has 0 aromatic carbocycles. The predicted molar refractivity (Wildman–Crippen MR) is 81.9 cm³/mol. The molecule has 0 aliphatic carbocycles. The molecule has 0 amide bonds. The van der Waals surface area contributed by atoms with Crippen molar-refractivity contribution in [3.05, 3.63) is 24.3 Å². The van der Waals surface area contributed by atoms with E-state index in [1.165, 1.54) is 6.08 Å². The van der Waals surface area contributed by atoms with Crippen molar-refractivity contribution < 1.29 is 19.1 Å². The number of hydrogen-bond donors (Lipinski definition) is 2. The molecule has 0 aliphatic rings. The predicted octanol–water partition coefficient (Wildman–Crippen LogP) is 0.793. The van der Waals surface area contributed by atoms with E-state index in [-0.39, 0.29) is 18.0 Å². The van der Waals surface area contributed by atoms with Gasteiger partial charge in [0.1, 0.15) is 13.2 Å². The van der Waals surface area contributed by atoms with Crippen LogP contribution in [0, 0.1) is 0 Å². The Labute approximate surface area is 126 Å². The molecule has 1 atom stereocenters. The maximum atomic E-state index is 11.3. The van der Waals surface area contributed by atoms with Crippen molar-refractivity contribution in [3.63, 3.8) is 0 Å². The third kappa shape index (κ3) is 11.8. The topological polar surface area (TPSA) is 76.7 Å². The van der Waals surface area contributed by atoms with E-state index in [0.29, 0.717) is 38.3 Å². The highest BCUT2D eigenvalue weighted by Crippen LogP contribution is 1.94. The van der Waals surface area contributed by atoms with Gasteiger partial charge in [0.2, 0.25) is 0 Å². The lowest BCUT2D eigenvalue weighted by Gasteiger charge is -2.11. The molecule has 0 fully saturated rings. The van der Waals surface area contributed by atoms with Crippen molar-refractivity contribution in [2.24, 2.45) is 0 Å². The van der Waals surface area contributed by atoms with E-state index >= 15 is 0 Å². The van der Waals surface area contributed by atoms with Gasteiger partial charge in [0.15, 0.2) is 0 Å². The number of hydrogen-bond acceptors (Lipinski definition) is 6. The van der Waals surface area contributed by atoms with Crippen molar-refractivity contribution >= 4 is 11.9 Å². The van der Waals surface area contributed by atoms with E-state index in [2.05, 4.69) is 17.2 Å². The molecule has 0 saturated heterocycles. The lowest BCUT2D eigenvalue weighted by molar-refractivity contribution is -0.139. The van der Waals surface area contributed by atoms with E-state index in [9.17, 15) is 9.59 Å². The normalized spacial score (nSPS) is 12.1. The zero-order valence-corrected chi connectivity index (χ0v) is 13.1. The summed E-state index contributed by atoms with van der Waals surface area (Å²) >= 11 is 0. The van der Waals surface area contributed by atoms with E-state index in [4.69, 9.17) is 9.47 Å². The number of likely N-dealkylation sites (N-methyl/N-ethyl adjacent to an activating group) is 1. The second-order valence-electron chi connectivity index (χ2n) is 4.68. The second kappa shape index (κ2) is 12.1. The summed E-state index contributed by atoms with van der Waals surface area (Å²) in [5.74, 6) is -0.721. The smallest absolute Gasteiger partial charge is 0.333 e. The van der Waals surface area contributed by atoms with Crippen LogP contribution in [-0.2, 0) is 19.1 Å². The van der Waals surface area contributed by atoms with Crippen LogP contribution in [0.2, 0.25) is 0 Å². The molecule has 0 radical (unpaired) electrons. The fourth-order valence-corrected chi connectivity index (χ4v) is 1.33. The van der Waals surface area contributed by atoms with Crippen LogP contribution >= 0.6 is 0 Å². The SMILES string of the molecule is C=C(C)C(=O)OCCNC(C)C/C=C/C(=O)OCCNC. The Morgan fingerprint density at radius 2 is 1.90 bits per heavy atom. The molecule has 6 heteroatoms. The molecule has 120 valence electrons. The summed E-state index contributed by atoms with van der Waals surface area (Å²) in [7, 11) is 1.80. The number of esters is 2. The van der Waals surface area contributed by atoms with Gasteiger partial charge in [-0.05, 0) is 27.3 Å². The van der Waals surface area contributed by atoms with Gasteiger partial charge >= 0.3 is 11.9 Å². The molecule has 0 aromatic rings. The first kappa shape index (κ1) is 19.3. The molecule has 6 nitrogen and oxygen atoms in total. The van der Waals surface area contributed by atoms with Crippen LogP contribution in [0.5, 0.6) is 0 Å². The number of nitrogens with one attached hydrogen (secondary N) is 2. The van der Waals surface area contributed by atoms with Gasteiger partial charge in [0, 0.05) is 30.8 Å². The fraction of sp³-hybridized carbons (Fsp3) is 0.600. The molecule has 2 N–H and O–H groups in total.